The van der Waals surface area contributed by atoms with Crippen molar-refractivity contribution in [3.8, 4) is 0 Å². The van der Waals surface area contributed by atoms with Gasteiger partial charge >= 0.3 is 0 Å². The predicted octanol–water partition coefficient (Wildman–Crippen LogP) is 2.16. The maximum Gasteiger partial charge on any atom is 0.0246 e. The second-order valence-electron chi connectivity index (χ2n) is 1.46. The number of nitrogens with one attached hydrogen (secondary N) is 1. The van der Waals surface area contributed by atoms with E-state index in [0.717, 1.165) is 12.0 Å². The molecule has 0 unspecified atom stereocenters. The molecule has 0 aromatic heterocycles. The standard InChI is InChI=1S/C7H11N/c1-3-5-7(4-2)6-8/h4-6,8H,2-3H2,1H3/b7-5-,8-6?. The molecule has 0 atom stereocenters. The molecular weight excluding hydrogens is 98.1 g/mol. The van der Waals surface area contributed by atoms with Gasteiger partial charge in [0.25, 0.3) is 0 Å². The molecule has 1 heteroatoms. The van der Waals surface area contributed by atoms with Crippen LogP contribution in [0.15, 0.2) is 24.3 Å². The normalized spacial score (nSPS) is 10.9. The molecular formula is C7H11N. The molecule has 0 heterocycles. The van der Waals surface area contributed by atoms with Crippen molar-refractivity contribution in [3.05, 3.63) is 24.3 Å². The third kappa shape index (κ3) is 2.35. The first kappa shape index (κ1) is 7.15. The van der Waals surface area contributed by atoms with Gasteiger partial charge in [-0.15, -0.1) is 0 Å². The van der Waals surface area contributed by atoms with E-state index in [1.165, 1.54) is 6.21 Å². The molecule has 0 aromatic carbocycles. The van der Waals surface area contributed by atoms with Crippen molar-refractivity contribution in [3.63, 3.8) is 0 Å². The molecule has 0 fully saturated rings. The lowest BCUT2D eigenvalue weighted by molar-refractivity contribution is 1.22. The van der Waals surface area contributed by atoms with E-state index in [1.807, 2.05) is 13.0 Å². The largest absolute Gasteiger partial charge is 0.308 e. The molecule has 0 spiro atoms. The fourth-order valence-corrected chi connectivity index (χ4v) is 0.437. The number of rotatable bonds is 3. The van der Waals surface area contributed by atoms with Gasteiger partial charge in [0.05, 0.1) is 0 Å². The zero-order chi connectivity index (χ0) is 6.41. The summed E-state index contributed by atoms with van der Waals surface area (Å²) in [5.74, 6) is 0. The fourth-order valence-electron chi connectivity index (χ4n) is 0.437. The van der Waals surface area contributed by atoms with Crippen molar-refractivity contribution in [2.24, 2.45) is 0 Å². The lowest BCUT2D eigenvalue weighted by Gasteiger charge is -1.84. The van der Waals surface area contributed by atoms with Crippen molar-refractivity contribution in [1.29, 1.82) is 5.41 Å². The van der Waals surface area contributed by atoms with Crippen LogP contribution in [0.3, 0.4) is 0 Å². The van der Waals surface area contributed by atoms with Gasteiger partial charge in [-0.3, -0.25) is 0 Å². The predicted molar refractivity (Wildman–Crippen MR) is 37.4 cm³/mol. The number of allylic oxidation sites excluding steroid dienone is 3. The quantitative estimate of drug-likeness (QED) is 0.424. The number of hydrogen-bond acceptors (Lipinski definition) is 1. The summed E-state index contributed by atoms with van der Waals surface area (Å²) in [6.07, 6.45) is 5.91. The minimum absolute atomic E-state index is 0.896. The van der Waals surface area contributed by atoms with Crippen molar-refractivity contribution in [2.75, 3.05) is 0 Å². The van der Waals surface area contributed by atoms with E-state index < -0.39 is 0 Å². The first-order chi connectivity index (χ1) is 3.85. The Balaban J connectivity index is 3.85. The summed E-state index contributed by atoms with van der Waals surface area (Å²) in [5, 5.41) is 6.80. The highest BCUT2D eigenvalue weighted by Crippen LogP contribution is 1.91. The molecule has 0 amide bonds. The third-order valence-electron chi connectivity index (χ3n) is 0.842. The first-order valence-corrected chi connectivity index (χ1v) is 2.68. The molecule has 8 heavy (non-hydrogen) atoms. The summed E-state index contributed by atoms with van der Waals surface area (Å²) in [6, 6.07) is 0. The van der Waals surface area contributed by atoms with Crippen molar-refractivity contribution in [2.45, 2.75) is 13.3 Å². The van der Waals surface area contributed by atoms with Crippen LogP contribution in [0, 0.1) is 5.41 Å². The second kappa shape index (κ2) is 4.31. The highest BCUT2D eigenvalue weighted by atomic mass is 14.3. The Morgan fingerprint density at radius 2 is 2.38 bits per heavy atom. The van der Waals surface area contributed by atoms with Crippen LogP contribution in [0.25, 0.3) is 0 Å². The van der Waals surface area contributed by atoms with Crippen molar-refractivity contribution in [1.82, 2.24) is 0 Å². The minimum Gasteiger partial charge on any atom is -0.308 e. The van der Waals surface area contributed by atoms with Crippen LogP contribution in [-0.4, -0.2) is 6.21 Å². The van der Waals surface area contributed by atoms with Crippen molar-refractivity contribution >= 4 is 6.21 Å². The van der Waals surface area contributed by atoms with Gasteiger partial charge < -0.3 is 5.41 Å². The lowest BCUT2D eigenvalue weighted by atomic mass is 10.2. The van der Waals surface area contributed by atoms with Crippen LogP contribution in [-0.2, 0) is 0 Å². The Labute approximate surface area is 50.2 Å². The van der Waals surface area contributed by atoms with Gasteiger partial charge in [-0.25, -0.2) is 0 Å². The zero-order valence-corrected chi connectivity index (χ0v) is 5.15. The van der Waals surface area contributed by atoms with Gasteiger partial charge in [0.1, 0.15) is 0 Å². The summed E-state index contributed by atoms with van der Waals surface area (Å²) >= 11 is 0. The Hall–Kier alpha value is -0.850. The maximum atomic E-state index is 6.80. The highest BCUT2D eigenvalue weighted by molar-refractivity contribution is 5.79. The molecule has 0 saturated carbocycles. The van der Waals surface area contributed by atoms with Gasteiger partial charge in [0.15, 0.2) is 0 Å². The van der Waals surface area contributed by atoms with Gasteiger partial charge in [-0.1, -0.05) is 25.7 Å². The molecule has 0 saturated heterocycles. The fraction of sp³-hybridized carbons (Fsp3) is 0.286. The van der Waals surface area contributed by atoms with Gasteiger partial charge in [0.2, 0.25) is 0 Å². The topological polar surface area (TPSA) is 23.9 Å². The molecule has 1 nitrogen and oxygen atoms in total. The minimum atomic E-state index is 0.896. The van der Waals surface area contributed by atoms with Crippen LogP contribution in [0.5, 0.6) is 0 Å². The van der Waals surface area contributed by atoms with E-state index in [0.29, 0.717) is 0 Å². The zero-order valence-electron chi connectivity index (χ0n) is 5.15. The SMILES string of the molecule is C=C/C(C=N)=C/CC. The van der Waals surface area contributed by atoms with Crippen LogP contribution in [0.4, 0.5) is 0 Å². The van der Waals surface area contributed by atoms with Crippen LogP contribution in [0.2, 0.25) is 0 Å². The Morgan fingerprint density at radius 1 is 1.75 bits per heavy atom. The van der Waals surface area contributed by atoms with Gasteiger partial charge in [0, 0.05) is 6.21 Å². The molecule has 0 bridgehead atoms. The summed E-state index contributed by atoms with van der Waals surface area (Å²) in [7, 11) is 0. The van der Waals surface area contributed by atoms with Gasteiger partial charge in [-0.2, -0.15) is 0 Å². The molecule has 44 valence electrons. The van der Waals surface area contributed by atoms with E-state index in [2.05, 4.69) is 6.58 Å². The van der Waals surface area contributed by atoms with Crippen molar-refractivity contribution < 1.29 is 0 Å². The van der Waals surface area contributed by atoms with Crippen LogP contribution >= 0.6 is 0 Å². The molecule has 0 rings (SSSR count). The first-order valence-electron chi connectivity index (χ1n) is 2.68. The molecule has 0 aliphatic heterocycles. The Kier molecular flexibility index (Phi) is 3.85. The maximum absolute atomic E-state index is 6.80. The van der Waals surface area contributed by atoms with E-state index in [-0.39, 0.29) is 0 Å². The monoisotopic (exact) mass is 109 g/mol. The molecule has 0 radical (unpaired) electrons. The summed E-state index contributed by atoms with van der Waals surface area (Å²) in [6.45, 7) is 5.57. The average molecular weight is 109 g/mol. The third-order valence-corrected chi connectivity index (χ3v) is 0.842. The summed E-state index contributed by atoms with van der Waals surface area (Å²) in [4.78, 5) is 0. The number of hydrogen-bond donors (Lipinski definition) is 1. The molecule has 0 aromatic rings. The van der Waals surface area contributed by atoms with Crippen LogP contribution < -0.4 is 0 Å². The lowest BCUT2D eigenvalue weighted by Crippen LogP contribution is -1.74. The molecule has 0 aliphatic rings. The van der Waals surface area contributed by atoms with E-state index in [9.17, 15) is 0 Å². The van der Waals surface area contributed by atoms with E-state index in [4.69, 9.17) is 5.41 Å². The second-order valence-corrected chi connectivity index (χ2v) is 1.46. The van der Waals surface area contributed by atoms with Gasteiger partial charge in [-0.05, 0) is 12.0 Å². The highest BCUT2D eigenvalue weighted by Gasteiger charge is 1.77. The molecule has 0 aliphatic carbocycles. The Bertz CT molecular complexity index is 102. The summed E-state index contributed by atoms with van der Waals surface area (Å²) < 4.78 is 0. The van der Waals surface area contributed by atoms with E-state index >= 15 is 0 Å². The molecule has 1 N–H and O–H groups in total. The summed E-state index contributed by atoms with van der Waals surface area (Å²) in [5.41, 5.74) is 0.896. The van der Waals surface area contributed by atoms with Crippen LogP contribution in [0.1, 0.15) is 13.3 Å². The van der Waals surface area contributed by atoms with E-state index in [1.54, 1.807) is 6.08 Å². The average Bonchev–Trinajstić information content (AvgIpc) is 1.83. The Morgan fingerprint density at radius 3 is 2.50 bits per heavy atom. The smallest absolute Gasteiger partial charge is 0.0246 e.